The topological polar surface area (TPSA) is 68.8 Å². The molecule has 1 aliphatic rings. The first kappa shape index (κ1) is 18.4. The number of hydrogen-bond acceptors (Lipinski definition) is 6. The van der Waals surface area contributed by atoms with Crippen molar-refractivity contribution in [3.8, 4) is 17.2 Å². The molecule has 0 aliphatic carbocycles. The fourth-order valence-electron chi connectivity index (χ4n) is 2.83. The van der Waals surface area contributed by atoms with Gasteiger partial charge in [-0.3, -0.25) is 10.1 Å². The van der Waals surface area contributed by atoms with Gasteiger partial charge in [0.15, 0.2) is 11.5 Å². The molecule has 3 rings (SSSR count). The van der Waals surface area contributed by atoms with E-state index < -0.39 is 0 Å². The largest absolute Gasteiger partial charge is 0.493 e. The number of thioether (sulfide) groups is 1. The van der Waals surface area contributed by atoms with Crippen molar-refractivity contribution in [2.75, 3.05) is 32.4 Å². The predicted molar refractivity (Wildman–Crippen MR) is 103 cm³/mol. The summed E-state index contributed by atoms with van der Waals surface area (Å²) in [4.78, 5) is 12.6. The van der Waals surface area contributed by atoms with Crippen molar-refractivity contribution in [2.24, 2.45) is 0 Å². The molecule has 0 radical (unpaired) electrons. The molecule has 2 aromatic carbocycles. The van der Waals surface area contributed by atoms with Crippen molar-refractivity contribution in [3.05, 3.63) is 48.0 Å². The first-order valence-corrected chi connectivity index (χ1v) is 9.24. The maximum Gasteiger partial charge on any atom is 0.242 e. The van der Waals surface area contributed by atoms with E-state index in [1.54, 1.807) is 45.2 Å². The number of ether oxygens (including phenoxy) is 3. The third kappa shape index (κ3) is 3.89. The van der Waals surface area contributed by atoms with Crippen molar-refractivity contribution in [1.82, 2.24) is 5.32 Å². The second-order valence-corrected chi connectivity index (χ2v) is 6.88. The Hall–Kier alpha value is -2.38. The Balaban J connectivity index is 1.70. The fourth-order valence-corrected chi connectivity index (χ4v) is 4.07. The van der Waals surface area contributed by atoms with Crippen LogP contribution in [-0.4, -0.2) is 39.0 Å². The van der Waals surface area contributed by atoms with Gasteiger partial charge in [-0.15, -0.1) is 11.8 Å². The Morgan fingerprint density at radius 3 is 2.31 bits per heavy atom. The highest BCUT2D eigenvalue weighted by molar-refractivity contribution is 7.99. The molecule has 138 valence electrons. The molecule has 1 saturated heterocycles. The minimum absolute atomic E-state index is 0.0924. The molecule has 26 heavy (non-hydrogen) atoms. The SMILES string of the molecule is COc1cc(NC(=O)C2CSC(c3ccccc3)N2)cc(OC)c1OC. The molecule has 0 bridgehead atoms. The summed E-state index contributed by atoms with van der Waals surface area (Å²) in [6.07, 6.45) is 0. The van der Waals surface area contributed by atoms with Gasteiger partial charge in [0.1, 0.15) is 0 Å². The van der Waals surface area contributed by atoms with Gasteiger partial charge in [-0.1, -0.05) is 30.3 Å². The quantitative estimate of drug-likeness (QED) is 0.810. The second kappa shape index (κ2) is 8.33. The van der Waals surface area contributed by atoms with Gasteiger partial charge in [0.2, 0.25) is 11.7 Å². The lowest BCUT2D eigenvalue weighted by Gasteiger charge is -2.16. The standard InChI is InChI=1S/C19H22N2O4S/c1-23-15-9-13(10-16(24-2)17(15)25-3)20-18(22)14-11-26-19(21-14)12-7-5-4-6-8-12/h4-10,14,19,21H,11H2,1-3H3,(H,20,22). The summed E-state index contributed by atoms with van der Waals surface area (Å²) >= 11 is 1.72. The third-order valence-corrected chi connectivity index (χ3v) is 5.40. The van der Waals surface area contributed by atoms with E-state index in [1.165, 1.54) is 5.56 Å². The molecule has 2 unspecified atom stereocenters. The zero-order valence-corrected chi connectivity index (χ0v) is 15.8. The fraction of sp³-hybridized carbons (Fsp3) is 0.316. The van der Waals surface area contributed by atoms with Crippen LogP contribution in [-0.2, 0) is 4.79 Å². The summed E-state index contributed by atoms with van der Waals surface area (Å²) in [6, 6.07) is 13.3. The Morgan fingerprint density at radius 1 is 1.08 bits per heavy atom. The van der Waals surface area contributed by atoms with Crippen LogP contribution in [0.15, 0.2) is 42.5 Å². The molecule has 1 fully saturated rings. The highest BCUT2D eigenvalue weighted by Gasteiger charge is 2.30. The maximum absolute atomic E-state index is 12.6. The lowest BCUT2D eigenvalue weighted by Crippen LogP contribution is -2.38. The first-order chi connectivity index (χ1) is 12.7. The van der Waals surface area contributed by atoms with Crippen LogP contribution in [0.4, 0.5) is 5.69 Å². The minimum atomic E-state index is -0.274. The normalized spacial score (nSPS) is 19.0. The van der Waals surface area contributed by atoms with Crippen molar-refractivity contribution in [1.29, 1.82) is 0 Å². The highest BCUT2D eigenvalue weighted by Crippen LogP contribution is 2.40. The van der Waals surface area contributed by atoms with Gasteiger partial charge in [-0.05, 0) is 5.56 Å². The molecule has 1 heterocycles. The van der Waals surface area contributed by atoms with Crippen LogP contribution in [0.5, 0.6) is 17.2 Å². The zero-order valence-electron chi connectivity index (χ0n) is 14.9. The summed E-state index contributed by atoms with van der Waals surface area (Å²) in [5.41, 5.74) is 1.76. The van der Waals surface area contributed by atoms with E-state index in [4.69, 9.17) is 14.2 Å². The lowest BCUT2D eigenvalue weighted by atomic mass is 10.2. The first-order valence-electron chi connectivity index (χ1n) is 8.19. The number of amides is 1. The smallest absolute Gasteiger partial charge is 0.242 e. The summed E-state index contributed by atoms with van der Waals surface area (Å²) in [7, 11) is 4.63. The van der Waals surface area contributed by atoms with Crippen LogP contribution in [0.2, 0.25) is 0 Å². The van der Waals surface area contributed by atoms with Crippen LogP contribution < -0.4 is 24.8 Å². The van der Waals surface area contributed by atoms with Gasteiger partial charge in [0, 0.05) is 23.6 Å². The van der Waals surface area contributed by atoms with E-state index in [9.17, 15) is 4.79 Å². The van der Waals surface area contributed by atoms with Crippen LogP contribution >= 0.6 is 11.8 Å². The van der Waals surface area contributed by atoms with Gasteiger partial charge in [-0.25, -0.2) is 0 Å². The van der Waals surface area contributed by atoms with Crippen molar-refractivity contribution in [3.63, 3.8) is 0 Å². The molecule has 1 amide bonds. The van der Waals surface area contributed by atoms with E-state index in [0.717, 1.165) is 0 Å². The Morgan fingerprint density at radius 2 is 1.73 bits per heavy atom. The maximum atomic E-state index is 12.6. The number of rotatable bonds is 6. The molecular formula is C19H22N2O4S. The Bertz CT molecular complexity index is 744. The third-order valence-electron chi connectivity index (χ3n) is 4.13. The molecule has 1 aliphatic heterocycles. The van der Waals surface area contributed by atoms with E-state index in [-0.39, 0.29) is 17.3 Å². The molecule has 0 spiro atoms. The number of nitrogens with one attached hydrogen (secondary N) is 2. The summed E-state index contributed by atoms with van der Waals surface area (Å²) in [5.74, 6) is 2.10. The van der Waals surface area contributed by atoms with Gasteiger partial charge in [0.05, 0.1) is 32.7 Å². The summed E-state index contributed by atoms with van der Waals surface area (Å²) < 4.78 is 16.0. The van der Waals surface area contributed by atoms with Gasteiger partial charge in [0.25, 0.3) is 0 Å². The van der Waals surface area contributed by atoms with Crippen molar-refractivity contribution < 1.29 is 19.0 Å². The zero-order chi connectivity index (χ0) is 18.5. The highest BCUT2D eigenvalue weighted by atomic mass is 32.2. The number of anilines is 1. The number of carbonyl (C=O) groups excluding carboxylic acids is 1. The number of carbonyl (C=O) groups is 1. The molecule has 2 aromatic rings. The Kier molecular flexibility index (Phi) is 5.90. The van der Waals surface area contributed by atoms with Gasteiger partial charge < -0.3 is 19.5 Å². The average molecular weight is 374 g/mol. The molecule has 7 heteroatoms. The number of methoxy groups -OCH3 is 3. The molecule has 2 N–H and O–H groups in total. The summed E-state index contributed by atoms with van der Waals surface area (Å²) in [6.45, 7) is 0. The monoisotopic (exact) mass is 374 g/mol. The molecule has 6 nitrogen and oxygen atoms in total. The van der Waals surface area contributed by atoms with Crippen LogP contribution in [0.1, 0.15) is 10.9 Å². The second-order valence-electron chi connectivity index (χ2n) is 5.75. The van der Waals surface area contributed by atoms with Crippen LogP contribution in [0.3, 0.4) is 0 Å². The van der Waals surface area contributed by atoms with Gasteiger partial charge in [-0.2, -0.15) is 0 Å². The van der Waals surface area contributed by atoms with Crippen molar-refractivity contribution >= 4 is 23.4 Å². The van der Waals surface area contributed by atoms with Crippen LogP contribution in [0.25, 0.3) is 0 Å². The number of benzene rings is 2. The lowest BCUT2D eigenvalue weighted by molar-refractivity contribution is -0.117. The van der Waals surface area contributed by atoms with E-state index in [2.05, 4.69) is 22.8 Å². The molecule has 0 saturated carbocycles. The molecule has 0 aromatic heterocycles. The van der Waals surface area contributed by atoms with E-state index in [0.29, 0.717) is 28.7 Å². The molecular weight excluding hydrogens is 352 g/mol. The predicted octanol–water partition coefficient (Wildman–Crippen LogP) is 3.05. The van der Waals surface area contributed by atoms with E-state index >= 15 is 0 Å². The summed E-state index contributed by atoms with van der Waals surface area (Å²) in [5, 5.41) is 6.41. The van der Waals surface area contributed by atoms with Crippen molar-refractivity contribution in [2.45, 2.75) is 11.4 Å². The number of hydrogen-bond donors (Lipinski definition) is 2. The Labute approximate surface area is 157 Å². The molecule has 2 atom stereocenters. The van der Waals surface area contributed by atoms with Gasteiger partial charge >= 0.3 is 0 Å². The minimum Gasteiger partial charge on any atom is -0.493 e. The average Bonchev–Trinajstić information content (AvgIpc) is 3.18. The van der Waals surface area contributed by atoms with E-state index in [1.807, 2.05) is 18.2 Å². The van der Waals surface area contributed by atoms with Crippen LogP contribution in [0, 0.1) is 0 Å².